The highest BCUT2D eigenvalue weighted by atomic mass is 32.1. The van der Waals surface area contributed by atoms with Crippen LogP contribution in [0.3, 0.4) is 0 Å². The third-order valence-corrected chi connectivity index (χ3v) is 4.62. The van der Waals surface area contributed by atoms with Crippen molar-refractivity contribution >= 4 is 17.4 Å². The summed E-state index contributed by atoms with van der Waals surface area (Å²) in [7, 11) is 1.88. The minimum Gasteiger partial charge on any atom is -0.328 e. The predicted octanol–water partition coefficient (Wildman–Crippen LogP) is 2.48. The van der Waals surface area contributed by atoms with Crippen molar-refractivity contribution in [2.75, 3.05) is 6.54 Å². The van der Waals surface area contributed by atoms with Gasteiger partial charge in [-0.25, -0.2) is 4.79 Å². The van der Waals surface area contributed by atoms with E-state index in [2.05, 4.69) is 32.3 Å². The molecule has 112 valence electrons. The first-order valence-corrected chi connectivity index (χ1v) is 8.04. The summed E-state index contributed by atoms with van der Waals surface area (Å²) in [6.45, 7) is 2.73. The zero-order valence-corrected chi connectivity index (χ0v) is 13.0. The molecule has 2 atom stereocenters. The first-order valence-electron chi connectivity index (χ1n) is 7.10. The minimum absolute atomic E-state index is 0.0285. The number of amides is 2. The van der Waals surface area contributed by atoms with Crippen LogP contribution in [0.15, 0.2) is 23.2 Å². The molecule has 0 bridgehead atoms. The Balaban J connectivity index is 1.69. The summed E-state index contributed by atoms with van der Waals surface area (Å²) in [6.07, 6.45) is 3.72. The Morgan fingerprint density at radius 3 is 3.10 bits per heavy atom. The van der Waals surface area contributed by atoms with Crippen LogP contribution in [0.2, 0.25) is 0 Å². The average Bonchev–Trinajstić information content (AvgIpc) is 3.19. The van der Waals surface area contributed by atoms with Gasteiger partial charge in [-0.1, -0.05) is 0 Å². The van der Waals surface area contributed by atoms with E-state index in [4.69, 9.17) is 0 Å². The van der Waals surface area contributed by atoms with Gasteiger partial charge >= 0.3 is 6.03 Å². The van der Waals surface area contributed by atoms with Gasteiger partial charge in [-0.15, -0.1) is 10.2 Å². The van der Waals surface area contributed by atoms with Crippen LogP contribution in [-0.4, -0.2) is 32.2 Å². The molecule has 2 aromatic heterocycles. The molecule has 2 amide bonds. The molecule has 1 aliphatic rings. The molecule has 2 aromatic rings. The Labute approximate surface area is 127 Å². The maximum Gasteiger partial charge on any atom is 0.318 e. The number of aryl methyl sites for hydroxylation is 1. The van der Waals surface area contributed by atoms with Crippen molar-refractivity contribution in [1.29, 1.82) is 0 Å². The number of rotatable bonds is 3. The van der Waals surface area contributed by atoms with E-state index in [9.17, 15) is 4.79 Å². The first-order chi connectivity index (χ1) is 10.2. The number of hydrogen-bond acceptors (Lipinski definition) is 4. The van der Waals surface area contributed by atoms with Gasteiger partial charge in [-0.3, -0.25) is 0 Å². The number of nitrogens with one attached hydrogen (secondary N) is 1. The number of carbonyl (C=O) groups excluding carboxylic acids is 1. The van der Waals surface area contributed by atoms with E-state index in [-0.39, 0.29) is 18.1 Å². The molecule has 1 fully saturated rings. The van der Waals surface area contributed by atoms with Crippen LogP contribution in [0.25, 0.3) is 0 Å². The smallest absolute Gasteiger partial charge is 0.318 e. The largest absolute Gasteiger partial charge is 0.328 e. The molecule has 1 aliphatic heterocycles. The van der Waals surface area contributed by atoms with Crippen molar-refractivity contribution in [1.82, 2.24) is 25.0 Å². The molecule has 0 spiro atoms. The highest BCUT2D eigenvalue weighted by molar-refractivity contribution is 7.07. The Hall–Kier alpha value is -1.89. The van der Waals surface area contributed by atoms with Gasteiger partial charge in [0, 0.05) is 13.6 Å². The fraction of sp³-hybridized carbons (Fsp3) is 0.500. The second-order valence-corrected chi connectivity index (χ2v) is 6.16. The van der Waals surface area contributed by atoms with Crippen LogP contribution in [-0.2, 0) is 7.05 Å². The van der Waals surface area contributed by atoms with Gasteiger partial charge in [0.1, 0.15) is 6.33 Å². The van der Waals surface area contributed by atoms with E-state index >= 15 is 0 Å². The normalized spacial score (nSPS) is 19.7. The minimum atomic E-state index is -0.159. The Morgan fingerprint density at radius 1 is 1.57 bits per heavy atom. The van der Waals surface area contributed by atoms with Gasteiger partial charge in [0.15, 0.2) is 5.82 Å². The number of hydrogen-bond donors (Lipinski definition) is 1. The molecular weight excluding hydrogens is 286 g/mol. The van der Waals surface area contributed by atoms with Gasteiger partial charge in [0.25, 0.3) is 0 Å². The summed E-state index contributed by atoms with van der Waals surface area (Å²) in [5.41, 5.74) is 1.24. The van der Waals surface area contributed by atoms with Crippen LogP contribution in [0.4, 0.5) is 4.79 Å². The summed E-state index contributed by atoms with van der Waals surface area (Å²) < 4.78 is 1.82. The van der Waals surface area contributed by atoms with Crippen LogP contribution < -0.4 is 5.32 Å². The van der Waals surface area contributed by atoms with Gasteiger partial charge < -0.3 is 14.8 Å². The van der Waals surface area contributed by atoms with Crippen molar-refractivity contribution in [2.24, 2.45) is 7.05 Å². The lowest BCUT2D eigenvalue weighted by atomic mass is 10.1. The molecule has 21 heavy (non-hydrogen) atoms. The van der Waals surface area contributed by atoms with Crippen LogP contribution >= 0.6 is 11.3 Å². The standard InChI is InChI=1S/C14H19N5OS/c1-10(13-17-15-9-18(13)2)16-14(20)19-6-3-4-12(19)11-5-7-21-8-11/h5,7-10,12H,3-4,6H2,1-2H3,(H,16,20)/t10-,12+/m1/s1. The second-order valence-electron chi connectivity index (χ2n) is 5.38. The number of aromatic nitrogens is 3. The SMILES string of the molecule is C[C@@H](NC(=O)N1CCC[C@H]1c1ccsc1)c1nncn1C. The molecule has 3 rings (SSSR count). The number of thiophene rings is 1. The molecule has 0 unspecified atom stereocenters. The highest BCUT2D eigenvalue weighted by Gasteiger charge is 2.31. The quantitative estimate of drug-likeness (QED) is 0.947. The lowest BCUT2D eigenvalue weighted by Crippen LogP contribution is -2.41. The fourth-order valence-electron chi connectivity index (χ4n) is 2.84. The van der Waals surface area contributed by atoms with Crippen molar-refractivity contribution in [2.45, 2.75) is 31.8 Å². The van der Waals surface area contributed by atoms with Crippen molar-refractivity contribution < 1.29 is 4.79 Å². The van der Waals surface area contributed by atoms with Crippen LogP contribution in [0.5, 0.6) is 0 Å². The molecule has 7 heteroatoms. The van der Waals surface area contributed by atoms with E-state index in [1.54, 1.807) is 17.7 Å². The lowest BCUT2D eigenvalue weighted by molar-refractivity contribution is 0.189. The van der Waals surface area contributed by atoms with Crippen molar-refractivity contribution in [3.63, 3.8) is 0 Å². The van der Waals surface area contributed by atoms with Gasteiger partial charge in [0.2, 0.25) is 0 Å². The highest BCUT2D eigenvalue weighted by Crippen LogP contribution is 2.33. The molecule has 3 heterocycles. The van der Waals surface area contributed by atoms with E-state index in [1.807, 2.05) is 23.4 Å². The zero-order chi connectivity index (χ0) is 14.8. The molecule has 1 saturated heterocycles. The number of likely N-dealkylation sites (tertiary alicyclic amines) is 1. The third-order valence-electron chi connectivity index (χ3n) is 3.92. The van der Waals surface area contributed by atoms with E-state index in [0.717, 1.165) is 25.2 Å². The fourth-order valence-corrected chi connectivity index (χ4v) is 3.54. The molecule has 1 N–H and O–H groups in total. The van der Waals surface area contributed by atoms with Gasteiger partial charge in [-0.05, 0) is 42.2 Å². The van der Waals surface area contributed by atoms with Crippen molar-refractivity contribution in [3.8, 4) is 0 Å². The van der Waals surface area contributed by atoms with Gasteiger partial charge in [-0.2, -0.15) is 11.3 Å². The second kappa shape index (κ2) is 5.85. The average molecular weight is 305 g/mol. The topological polar surface area (TPSA) is 63.1 Å². The van der Waals surface area contributed by atoms with Crippen molar-refractivity contribution in [3.05, 3.63) is 34.5 Å². The summed E-state index contributed by atoms with van der Waals surface area (Å²) in [6, 6.07) is 2.11. The number of carbonyl (C=O) groups is 1. The molecule has 0 aromatic carbocycles. The molecule has 0 aliphatic carbocycles. The summed E-state index contributed by atoms with van der Waals surface area (Å²) in [5, 5.41) is 15.1. The Kier molecular flexibility index (Phi) is 3.92. The summed E-state index contributed by atoms with van der Waals surface area (Å²) in [4.78, 5) is 14.5. The molecule has 0 saturated carbocycles. The third kappa shape index (κ3) is 2.78. The Morgan fingerprint density at radius 2 is 2.43 bits per heavy atom. The Bertz CT molecular complexity index is 609. The molecule has 6 nitrogen and oxygen atoms in total. The first kappa shape index (κ1) is 14.1. The summed E-state index contributed by atoms with van der Waals surface area (Å²) in [5.74, 6) is 0.759. The summed E-state index contributed by atoms with van der Waals surface area (Å²) >= 11 is 1.67. The zero-order valence-electron chi connectivity index (χ0n) is 12.2. The predicted molar refractivity (Wildman–Crippen MR) is 80.9 cm³/mol. The maximum absolute atomic E-state index is 12.5. The lowest BCUT2D eigenvalue weighted by Gasteiger charge is -2.26. The maximum atomic E-state index is 12.5. The monoisotopic (exact) mass is 305 g/mol. The molecule has 0 radical (unpaired) electrons. The van der Waals surface area contributed by atoms with Crippen LogP contribution in [0.1, 0.15) is 43.2 Å². The van der Waals surface area contributed by atoms with E-state index in [1.165, 1.54) is 5.56 Å². The van der Waals surface area contributed by atoms with E-state index < -0.39 is 0 Å². The number of nitrogens with zero attached hydrogens (tertiary/aromatic N) is 4. The van der Waals surface area contributed by atoms with E-state index in [0.29, 0.717) is 0 Å². The van der Waals surface area contributed by atoms with Crippen LogP contribution in [0, 0.1) is 0 Å². The number of urea groups is 1. The van der Waals surface area contributed by atoms with Gasteiger partial charge in [0.05, 0.1) is 12.1 Å². The molecular formula is C14H19N5OS.